The normalized spacial score (nSPS) is 26.6. The molecule has 0 radical (unpaired) electrons. The third-order valence-electron chi connectivity index (χ3n) is 5.16. The van der Waals surface area contributed by atoms with Crippen molar-refractivity contribution in [1.82, 2.24) is 4.90 Å². The minimum Gasteiger partial charge on any atom is -0.368 e. The van der Waals surface area contributed by atoms with Crippen molar-refractivity contribution in [3.05, 3.63) is 71.3 Å². The highest BCUT2D eigenvalue weighted by Crippen LogP contribution is 2.52. The van der Waals surface area contributed by atoms with Crippen LogP contribution in [0.2, 0.25) is 0 Å². The van der Waals surface area contributed by atoms with Gasteiger partial charge in [0, 0.05) is 18.7 Å². The molecule has 2 aliphatic heterocycles. The van der Waals surface area contributed by atoms with E-state index in [-0.39, 0.29) is 11.9 Å². The molecule has 23 heavy (non-hydrogen) atoms. The van der Waals surface area contributed by atoms with Crippen molar-refractivity contribution in [3.63, 3.8) is 0 Å². The SMILES string of the molecule is CCN1C(=O)c2ccccc2[C@@H]1[C@]1(c2ccccc2)CCCO1. The summed E-state index contributed by atoms with van der Waals surface area (Å²) in [4.78, 5) is 14.8. The van der Waals surface area contributed by atoms with Gasteiger partial charge in [-0.25, -0.2) is 0 Å². The highest BCUT2D eigenvalue weighted by molar-refractivity contribution is 5.99. The molecule has 118 valence electrons. The first-order valence-electron chi connectivity index (χ1n) is 8.37. The van der Waals surface area contributed by atoms with E-state index < -0.39 is 5.60 Å². The van der Waals surface area contributed by atoms with Gasteiger partial charge in [-0.3, -0.25) is 4.79 Å². The number of carbonyl (C=O) groups excluding carboxylic acids is 1. The molecule has 4 rings (SSSR count). The maximum absolute atomic E-state index is 12.8. The van der Waals surface area contributed by atoms with Crippen LogP contribution in [0.4, 0.5) is 0 Å². The smallest absolute Gasteiger partial charge is 0.254 e. The number of hydrogen-bond donors (Lipinski definition) is 0. The molecule has 1 fully saturated rings. The number of carbonyl (C=O) groups is 1. The van der Waals surface area contributed by atoms with Gasteiger partial charge in [0.15, 0.2) is 0 Å². The minimum absolute atomic E-state index is 0.0406. The van der Waals surface area contributed by atoms with E-state index in [2.05, 4.69) is 30.3 Å². The van der Waals surface area contributed by atoms with Gasteiger partial charge in [0.05, 0.1) is 6.04 Å². The Bertz CT molecular complexity index is 719. The largest absolute Gasteiger partial charge is 0.368 e. The van der Waals surface area contributed by atoms with Crippen LogP contribution in [-0.2, 0) is 10.3 Å². The molecule has 0 saturated carbocycles. The van der Waals surface area contributed by atoms with Crippen molar-refractivity contribution in [2.24, 2.45) is 0 Å². The molecule has 0 aromatic heterocycles. The Hall–Kier alpha value is -2.13. The molecule has 1 amide bonds. The van der Waals surface area contributed by atoms with Crippen LogP contribution in [0, 0.1) is 0 Å². The molecule has 3 nitrogen and oxygen atoms in total. The van der Waals surface area contributed by atoms with Crippen molar-refractivity contribution in [2.45, 2.75) is 31.4 Å². The van der Waals surface area contributed by atoms with Gasteiger partial charge in [0.1, 0.15) is 5.60 Å². The lowest BCUT2D eigenvalue weighted by molar-refractivity contribution is -0.0608. The van der Waals surface area contributed by atoms with E-state index in [1.54, 1.807) is 0 Å². The quantitative estimate of drug-likeness (QED) is 0.860. The van der Waals surface area contributed by atoms with Crippen LogP contribution in [0.5, 0.6) is 0 Å². The second-order valence-electron chi connectivity index (χ2n) is 6.29. The number of nitrogens with zero attached hydrogens (tertiary/aromatic N) is 1. The molecular formula is C20H21NO2. The third kappa shape index (κ3) is 2.03. The zero-order valence-electron chi connectivity index (χ0n) is 13.4. The van der Waals surface area contributed by atoms with Crippen molar-refractivity contribution < 1.29 is 9.53 Å². The monoisotopic (exact) mass is 307 g/mol. The van der Waals surface area contributed by atoms with Crippen LogP contribution in [0.3, 0.4) is 0 Å². The Morgan fingerprint density at radius 3 is 2.57 bits per heavy atom. The van der Waals surface area contributed by atoms with Crippen LogP contribution in [0.15, 0.2) is 54.6 Å². The molecule has 0 bridgehead atoms. The fraction of sp³-hybridized carbons (Fsp3) is 0.350. The molecular weight excluding hydrogens is 286 g/mol. The summed E-state index contributed by atoms with van der Waals surface area (Å²) in [5.41, 5.74) is 2.67. The first-order valence-corrected chi connectivity index (χ1v) is 8.37. The molecule has 0 spiro atoms. The van der Waals surface area contributed by atoms with Gasteiger partial charge >= 0.3 is 0 Å². The lowest BCUT2D eigenvalue weighted by Crippen LogP contribution is -2.42. The van der Waals surface area contributed by atoms with E-state index in [0.717, 1.165) is 30.6 Å². The molecule has 2 atom stereocenters. The third-order valence-corrected chi connectivity index (χ3v) is 5.16. The Balaban J connectivity index is 1.91. The summed E-state index contributed by atoms with van der Waals surface area (Å²) in [6.07, 6.45) is 1.97. The fourth-order valence-electron chi connectivity index (χ4n) is 4.18. The summed E-state index contributed by atoms with van der Waals surface area (Å²) in [5, 5.41) is 0. The van der Waals surface area contributed by atoms with Crippen LogP contribution in [0.25, 0.3) is 0 Å². The van der Waals surface area contributed by atoms with E-state index in [4.69, 9.17) is 4.74 Å². The summed E-state index contributed by atoms with van der Waals surface area (Å²) in [5.74, 6) is 0.124. The molecule has 2 aromatic carbocycles. The zero-order valence-corrected chi connectivity index (χ0v) is 13.4. The fourth-order valence-corrected chi connectivity index (χ4v) is 4.18. The van der Waals surface area contributed by atoms with Crippen molar-refractivity contribution in [1.29, 1.82) is 0 Å². The van der Waals surface area contributed by atoms with Gasteiger partial charge < -0.3 is 9.64 Å². The number of likely N-dealkylation sites (N-methyl/N-ethyl adjacent to an activating group) is 1. The minimum atomic E-state index is -0.431. The molecule has 1 saturated heterocycles. The number of amides is 1. The molecule has 0 N–H and O–H groups in total. The summed E-state index contributed by atoms with van der Waals surface area (Å²) in [7, 11) is 0. The molecule has 0 aliphatic carbocycles. The van der Waals surface area contributed by atoms with E-state index in [1.807, 2.05) is 36.1 Å². The lowest BCUT2D eigenvalue weighted by Gasteiger charge is -2.40. The lowest BCUT2D eigenvalue weighted by atomic mass is 9.80. The number of ether oxygens (including phenoxy) is 1. The Morgan fingerprint density at radius 1 is 1.13 bits per heavy atom. The summed E-state index contributed by atoms with van der Waals surface area (Å²) in [6, 6.07) is 18.3. The van der Waals surface area contributed by atoms with Gasteiger partial charge in [-0.2, -0.15) is 0 Å². The molecule has 3 heteroatoms. The van der Waals surface area contributed by atoms with Gasteiger partial charge in [-0.1, -0.05) is 48.5 Å². The maximum Gasteiger partial charge on any atom is 0.254 e. The highest BCUT2D eigenvalue weighted by Gasteiger charge is 2.52. The predicted molar refractivity (Wildman–Crippen MR) is 89.2 cm³/mol. The van der Waals surface area contributed by atoms with E-state index in [0.29, 0.717) is 6.54 Å². The Morgan fingerprint density at radius 2 is 1.87 bits per heavy atom. The van der Waals surface area contributed by atoms with Gasteiger partial charge in [-0.15, -0.1) is 0 Å². The van der Waals surface area contributed by atoms with Crippen molar-refractivity contribution >= 4 is 5.91 Å². The Kier molecular flexibility index (Phi) is 3.46. The zero-order chi connectivity index (χ0) is 15.9. The van der Waals surface area contributed by atoms with Crippen molar-refractivity contribution in [3.8, 4) is 0 Å². The summed E-state index contributed by atoms with van der Waals surface area (Å²) < 4.78 is 6.35. The van der Waals surface area contributed by atoms with Crippen LogP contribution >= 0.6 is 0 Å². The van der Waals surface area contributed by atoms with Crippen LogP contribution in [-0.4, -0.2) is 24.0 Å². The second kappa shape index (κ2) is 5.50. The predicted octanol–water partition coefficient (Wildman–Crippen LogP) is 3.91. The number of rotatable bonds is 3. The summed E-state index contributed by atoms with van der Waals surface area (Å²) in [6.45, 7) is 3.49. The number of benzene rings is 2. The number of hydrogen-bond acceptors (Lipinski definition) is 2. The van der Waals surface area contributed by atoms with Gasteiger partial charge in [0.2, 0.25) is 0 Å². The first-order chi connectivity index (χ1) is 11.3. The molecule has 2 heterocycles. The Labute approximate surface area is 136 Å². The van der Waals surface area contributed by atoms with Gasteiger partial charge in [-0.05, 0) is 37.0 Å². The topological polar surface area (TPSA) is 29.5 Å². The molecule has 2 aromatic rings. The van der Waals surface area contributed by atoms with Crippen molar-refractivity contribution in [2.75, 3.05) is 13.2 Å². The maximum atomic E-state index is 12.8. The standard InChI is InChI=1S/C20H21NO2/c1-2-21-18(16-11-6-7-12-17(16)19(21)22)20(13-8-14-23-20)15-9-4-3-5-10-15/h3-7,9-12,18H,2,8,13-14H2,1H3/t18-,20-/m1/s1. The summed E-state index contributed by atoms with van der Waals surface area (Å²) >= 11 is 0. The van der Waals surface area contributed by atoms with E-state index in [9.17, 15) is 4.79 Å². The first kappa shape index (κ1) is 14.5. The highest BCUT2D eigenvalue weighted by atomic mass is 16.5. The van der Waals surface area contributed by atoms with Crippen LogP contribution < -0.4 is 0 Å². The van der Waals surface area contributed by atoms with E-state index in [1.165, 1.54) is 5.56 Å². The number of fused-ring (bicyclic) bond motifs is 1. The molecule has 2 aliphatic rings. The average Bonchev–Trinajstić information content (AvgIpc) is 3.20. The average molecular weight is 307 g/mol. The van der Waals surface area contributed by atoms with Gasteiger partial charge in [0.25, 0.3) is 5.91 Å². The van der Waals surface area contributed by atoms with E-state index >= 15 is 0 Å². The van der Waals surface area contributed by atoms with Crippen LogP contribution in [0.1, 0.15) is 47.3 Å². The second-order valence-corrected chi connectivity index (χ2v) is 6.29. The molecule has 0 unspecified atom stereocenters.